The van der Waals surface area contributed by atoms with Gasteiger partial charge < -0.3 is 9.84 Å². The maximum absolute atomic E-state index is 13.2. The third kappa shape index (κ3) is 4.97. The van der Waals surface area contributed by atoms with Gasteiger partial charge in [-0.05, 0) is 17.7 Å². The minimum absolute atomic E-state index is 0.308. The number of hydrogen-bond donors (Lipinski definition) is 1. The third-order valence-electron chi connectivity index (χ3n) is 2.22. The number of ether oxygens (including phenoxy) is 1. The molecular formula is C11H9F7O2. The Balaban J connectivity index is 2.71. The molecular weight excluding hydrogens is 297 g/mol. The Morgan fingerprint density at radius 1 is 1.10 bits per heavy atom. The fourth-order valence-corrected chi connectivity index (χ4v) is 1.35. The molecule has 0 bridgehead atoms. The summed E-state index contributed by atoms with van der Waals surface area (Å²) in [5, 5.41) is 9.40. The van der Waals surface area contributed by atoms with E-state index in [4.69, 9.17) is 0 Å². The number of alkyl halides is 6. The van der Waals surface area contributed by atoms with Crippen LogP contribution in [0.25, 0.3) is 0 Å². The second-order valence-corrected chi connectivity index (χ2v) is 3.88. The Morgan fingerprint density at radius 3 is 2.15 bits per heavy atom. The van der Waals surface area contributed by atoms with Crippen LogP contribution in [0.2, 0.25) is 0 Å². The Labute approximate surface area is 108 Å². The highest BCUT2D eigenvalue weighted by Crippen LogP contribution is 2.32. The summed E-state index contributed by atoms with van der Waals surface area (Å²) >= 11 is 0. The van der Waals surface area contributed by atoms with Crippen molar-refractivity contribution in [2.75, 3.05) is 13.2 Å². The molecule has 0 saturated carbocycles. The van der Waals surface area contributed by atoms with Gasteiger partial charge in [0.05, 0.1) is 12.2 Å². The Morgan fingerprint density at radius 2 is 1.70 bits per heavy atom. The van der Waals surface area contributed by atoms with Crippen LogP contribution < -0.4 is 0 Å². The van der Waals surface area contributed by atoms with Gasteiger partial charge in [0.15, 0.2) is 0 Å². The minimum Gasteiger partial charge on any atom is -0.386 e. The van der Waals surface area contributed by atoms with Crippen molar-refractivity contribution >= 4 is 0 Å². The lowest BCUT2D eigenvalue weighted by Gasteiger charge is -2.14. The number of rotatable bonds is 4. The summed E-state index contributed by atoms with van der Waals surface area (Å²) < 4.78 is 89.4. The average Bonchev–Trinajstić information content (AvgIpc) is 2.25. The summed E-state index contributed by atoms with van der Waals surface area (Å²) in [5.74, 6) is -1.62. The summed E-state index contributed by atoms with van der Waals surface area (Å²) in [6.07, 6.45) is -11.1. The van der Waals surface area contributed by atoms with Crippen molar-refractivity contribution in [1.82, 2.24) is 0 Å². The molecule has 1 unspecified atom stereocenters. The Bertz CT molecular complexity index is 453. The van der Waals surface area contributed by atoms with Crippen LogP contribution in [-0.4, -0.2) is 24.5 Å². The molecule has 1 rings (SSSR count). The average molecular weight is 306 g/mol. The molecule has 20 heavy (non-hydrogen) atoms. The Hall–Kier alpha value is -1.35. The predicted molar refractivity (Wildman–Crippen MR) is 53.2 cm³/mol. The first-order chi connectivity index (χ1) is 9.00. The number of aliphatic hydroxyl groups excluding tert-OH is 1. The molecule has 0 heterocycles. The molecule has 0 aliphatic carbocycles. The maximum Gasteiger partial charge on any atom is 0.419 e. The van der Waals surface area contributed by atoms with Crippen LogP contribution >= 0.6 is 0 Å². The van der Waals surface area contributed by atoms with Crippen LogP contribution in [0.1, 0.15) is 17.2 Å². The van der Waals surface area contributed by atoms with Crippen molar-refractivity contribution in [3.8, 4) is 0 Å². The van der Waals surface area contributed by atoms with E-state index >= 15 is 0 Å². The van der Waals surface area contributed by atoms with Crippen molar-refractivity contribution < 1.29 is 40.6 Å². The zero-order valence-corrected chi connectivity index (χ0v) is 9.72. The van der Waals surface area contributed by atoms with Crippen LogP contribution in [-0.2, 0) is 10.9 Å². The van der Waals surface area contributed by atoms with E-state index in [1.54, 1.807) is 0 Å². The molecule has 0 spiro atoms. The molecule has 1 N–H and O–H groups in total. The van der Waals surface area contributed by atoms with Crippen molar-refractivity contribution in [1.29, 1.82) is 0 Å². The first-order valence-corrected chi connectivity index (χ1v) is 5.20. The molecule has 0 saturated heterocycles. The molecule has 114 valence electrons. The minimum atomic E-state index is -4.89. The highest BCUT2D eigenvalue weighted by Gasteiger charge is 2.34. The number of hydrogen-bond acceptors (Lipinski definition) is 2. The molecule has 0 fully saturated rings. The molecule has 0 radical (unpaired) electrons. The van der Waals surface area contributed by atoms with Crippen LogP contribution in [0.3, 0.4) is 0 Å². The summed E-state index contributed by atoms with van der Waals surface area (Å²) in [7, 11) is 0. The summed E-state index contributed by atoms with van der Waals surface area (Å²) in [6.45, 7) is -2.43. The zero-order valence-electron chi connectivity index (χ0n) is 9.72. The van der Waals surface area contributed by atoms with Crippen molar-refractivity contribution in [2.45, 2.75) is 18.5 Å². The molecule has 0 aliphatic heterocycles. The van der Waals surface area contributed by atoms with Gasteiger partial charge in [0.25, 0.3) is 0 Å². The van der Waals surface area contributed by atoms with Crippen LogP contribution in [0.4, 0.5) is 30.7 Å². The molecule has 2 nitrogen and oxygen atoms in total. The summed E-state index contributed by atoms with van der Waals surface area (Å²) in [4.78, 5) is 0. The van der Waals surface area contributed by atoms with E-state index in [-0.39, 0.29) is 5.56 Å². The monoisotopic (exact) mass is 306 g/mol. The molecule has 0 aromatic heterocycles. The number of benzene rings is 1. The van der Waals surface area contributed by atoms with Gasteiger partial charge in [-0.25, -0.2) is 4.39 Å². The van der Waals surface area contributed by atoms with Crippen molar-refractivity contribution in [2.24, 2.45) is 0 Å². The predicted octanol–water partition coefficient (Wildman–Crippen LogP) is 3.46. The van der Waals surface area contributed by atoms with Gasteiger partial charge >= 0.3 is 12.4 Å². The van der Waals surface area contributed by atoms with E-state index in [1.807, 2.05) is 0 Å². The molecule has 0 amide bonds. The lowest BCUT2D eigenvalue weighted by atomic mass is 10.1. The molecule has 1 atom stereocenters. The zero-order chi connectivity index (χ0) is 15.6. The van der Waals surface area contributed by atoms with E-state index in [0.717, 1.165) is 6.07 Å². The number of halogens is 7. The van der Waals surface area contributed by atoms with Crippen molar-refractivity contribution in [3.05, 3.63) is 35.1 Å². The van der Waals surface area contributed by atoms with E-state index < -0.39 is 43.1 Å². The topological polar surface area (TPSA) is 29.5 Å². The lowest BCUT2D eigenvalue weighted by Crippen LogP contribution is -2.20. The van der Waals surface area contributed by atoms with Gasteiger partial charge in [0, 0.05) is 0 Å². The van der Waals surface area contributed by atoms with Gasteiger partial charge in [-0.3, -0.25) is 0 Å². The molecule has 0 aliphatic rings. The van der Waals surface area contributed by atoms with Gasteiger partial charge in [-0.15, -0.1) is 0 Å². The van der Waals surface area contributed by atoms with E-state index in [2.05, 4.69) is 4.74 Å². The lowest BCUT2D eigenvalue weighted by molar-refractivity contribution is -0.179. The van der Waals surface area contributed by atoms with Crippen LogP contribution in [0.15, 0.2) is 18.2 Å². The first kappa shape index (κ1) is 16.7. The largest absolute Gasteiger partial charge is 0.419 e. The van der Waals surface area contributed by atoms with Gasteiger partial charge in [-0.2, -0.15) is 26.3 Å². The second kappa shape index (κ2) is 5.96. The van der Waals surface area contributed by atoms with E-state index in [9.17, 15) is 35.8 Å². The molecule has 1 aromatic carbocycles. The molecule has 9 heteroatoms. The SMILES string of the molecule is OC(COCC(F)(F)F)c1ccc(C(F)(F)F)c(F)c1. The number of aliphatic hydroxyl groups is 1. The van der Waals surface area contributed by atoms with Gasteiger partial charge in [0.2, 0.25) is 0 Å². The maximum atomic E-state index is 13.2. The second-order valence-electron chi connectivity index (χ2n) is 3.88. The summed E-state index contributed by atoms with van der Waals surface area (Å²) in [6, 6.07) is 1.58. The fraction of sp³-hybridized carbons (Fsp3) is 0.455. The Kier molecular flexibility index (Phi) is 4.98. The molecule has 1 aromatic rings. The highest BCUT2D eigenvalue weighted by atomic mass is 19.4. The summed E-state index contributed by atoms with van der Waals surface area (Å²) in [5.41, 5.74) is -1.83. The van der Waals surface area contributed by atoms with Crippen LogP contribution in [0, 0.1) is 5.82 Å². The quantitative estimate of drug-likeness (QED) is 0.863. The van der Waals surface area contributed by atoms with E-state index in [1.165, 1.54) is 0 Å². The van der Waals surface area contributed by atoms with E-state index in [0.29, 0.717) is 12.1 Å². The van der Waals surface area contributed by atoms with Gasteiger partial charge in [0.1, 0.15) is 18.5 Å². The normalized spacial score (nSPS) is 14.4. The third-order valence-corrected chi connectivity index (χ3v) is 2.22. The van der Waals surface area contributed by atoms with Gasteiger partial charge in [-0.1, -0.05) is 6.07 Å². The van der Waals surface area contributed by atoms with Crippen molar-refractivity contribution in [3.63, 3.8) is 0 Å². The fourth-order valence-electron chi connectivity index (χ4n) is 1.35. The van der Waals surface area contributed by atoms with Crippen LogP contribution in [0.5, 0.6) is 0 Å². The first-order valence-electron chi connectivity index (χ1n) is 5.20. The highest BCUT2D eigenvalue weighted by molar-refractivity contribution is 5.27. The standard InChI is InChI=1S/C11H9F7O2/c12-8-3-6(1-2-7(8)11(16,17)18)9(19)4-20-5-10(13,14)15/h1-3,9,19H,4-5H2. The smallest absolute Gasteiger partial charge is 0.386 e.